The van der Waals surface area contributed by atoms with Crippen LogP contribution in [0, 0.1) is 5.92 Å². The van der Waals surface area contributed by atoms with Crippen LogP contribution >= 0.6 is 0 Å². The van der Waals surface area contributed by atoms with Gasteiger partial charge in [-0.3, -0.25) is 0 Å². The number of carbonyl (C=O) groups excluding carboxylic acids is 1. The predicted molar refractivity (Wildman–Crippen MR) is 58.3 cm³/mol. The smallest absolute Gasteiger partial charge is 0.317 e. The summed E-state index contributed by atoms with van der Waals surface area (Å²) in [4.78, 5) is 13.3. The van der Waals surface area contributed by atoms with E-state index >= 15 is 0 Å². The van der Waals surface area contributed by atoms with Crippen molar-refractivity contribution < 1.29 is 4.79 Å². The Bertz CT molecular complexity index is 186. The number of nitrogens with one attached hydrogen (secondary N) is 1. The molecule has 3 nitrogen and oxygen atoms in total. The number of hydrogen-bond donors (Lipinski definition) is 1. The molecule has 0 bridgehead atoms. The third-order valence-corrected chi connectivity index (χ3v) is 3.16. The van der Waals surface area contributed by atoms with Crippen molar-refractivity contribution in [3.05, 3.63) is 0 Å². The summed E-state index contributed by atoms with van der Waals surface area (Å²) in [6.45, 7) is 5.05. The van der Waals surface area contributed by atoms with Crippen LogP contribution in [0.5, 0.6) is 0 Å². The van der Waals surface area contributed by atoms with Crippen LogP contribution in [-0.2, 0) is 0 Å². The van der Waals surface area contributed by atoms with Crippen molar-refractivity contribution in [1.82, 2.24) is 10.2 Å². The molecule has 0 radical (unpaired) electrons. The molecule has 0 unspecified atom stereocenters. The highest BCUT2D eigenvalue weighted by atomic mass is 16.2. The molecule has 0 aromatic rings. The average molecular weight is 198 g/mol. The summed E-state index contributed by atoms with van der Waals surface area (Å²) in [5, 5.41) is 3.08. The molecule has 82 valence electrons. The largest absolute Gasteiger partial charge is 0.335 e. The second-order valence-corrected chi connectivity index (χ2v) is 4.42. The molecule has 3 heteroatoms. The topological polar surface area (TPSA) is 32.3 Å². The van der Waals surface area contributed by atoms with Gasteiger partial charge in [-0.2, -0.15) is 0 Å². The van der Waals surface area contributed by atoms with Crippen LogP contribution < -0.4 is 5.32 Å². The lowest BCUT2D eigenvalue weighted by molar-refractivity contribution is 0.199. The van der Waals surface area contributed by atoms with E-state index in [9.17, 15) is 4.79 Å². The SMILES string of the molecule is CCN(C)C(=O)NC1CCC(C)CC1. The molecule has 0 aliphatic heterocycles. The molecule has 0 aromatic heterocycles. The number of hydrogen-bond acceptors (Lipinski definition) is 1. The molecule has 2 amide bonds. The van der Waals surface area contributed by atoms with E-state index in [2.05, 4.69) is 12.2 Å². The van der Waals surface area contributed by atoms with Gasteiger partial charge in [-0.05, 0) is 38.5 Å². The highest BCUT2D eigenvalue weighted by molar-refractivity contribution is 5.74. The molecule has 0 saturated heterocycles. The summed E-state index contributed by atoms with van der Waals surface area (Å²) < 4.78 is 0. The molecule has 1 rings (SSSR count). The van der Waals surface area contributed by atoms with Crippen LogP contribution in [0.1, 0.15) is 39.5 Å². The molecule has 0 aromatic carbocycles. The van der Waals surface area contributed by atoms with Gasteiger partial charge >= 0.3 is 6.03 Å². The first-order chi connectivity index (χ1) is 6.63. The van der Waals surface area contributed by atoms with Gasteiger partial charge in [0.25, 0.3) is 0 Å². The lowest BCUT2D eigenvalue weighted by Gasteiger charge is -2.28. The van der Waals surface area contributed by atoms with Crippen molar-refractivity contribution in [3.63, 3.8) is 0 Å². The maximum absolute atomic E-state index is 11.5. The minimum absolute atomic E-state index is 0.0760. The number of amides is 2. The van der Waals surface area contributed by atoms with Crippen molar-refractivity contribution in [2.75, 3.05) is 13.6 Å². The highest BCUT2D eigenvalue weighted by Gasteiger charge is 2.20. The molecule has 0 heterocycles. The van der Waals surface area contributed by atoms with E-state index < -0.39 is 0 Å². The van der Waals surface area contributed by atoms with Gasteiger partial charge in [0.2, 0.25) is 0 Å². The number of rotatable bonds is 2. The summed E-state index contributed by atoms with van der Waals surface area (Å²) in [6, 6.07) is 0.486. The fraction of sp³-hybridized carbons (Fsp3) is 0.909. The van der Waals surface area contributed by atoms with Gasteiger partial charge in [-0.1, -0.05) is 6.92 Å². The molecular weight excluding hydrogens is 176 g/mol. The first kappa shape index (κ1) is 11.3. The maximum atomic E-state index is 11.5. The van der Waals surface area contributed by atoms with Crippen molar-refractivity contribution in [2.24, 2.45) is 5.92 Å². The Morgan fingerprint density at radius 1 is 1.36 bits per heavy atom. The Morgan fingerprint density at radius 3 is 2.43 bits per heavy atom. The molecule has 0 spiro atoms. The summed E-state index contributed by atoms with van der Waals surface area (Å²) in [5.74, 6) is 0.840. The predicted octanol–water partition coefficient (Wildman–Crippen LogP) is 2.23. The van der Waals surface area contributed by atoms with Gasteiger partial charge in [-0.15, -0.1) is 0 Å². The van der Waals surface area contributed by atoms with Gasteiger partial charge in [0.05, 0.1) is 0 Å². The highest BCUT2D eigenvalue weighted by Crippen LogP contribution is 2.23. The number of urea groups is 1. The molecule has 1 fully saturated rings. The van der Waals surface area contributed by atoms with Gasteiger partial charge in [0.1, 0.15) is 0 Å². The maximum Gasteiger partial charge on any atom is 0.317 e. The Balaban J connectivity index is 2.27. The fourth-order valence-corrected chi connectivity index (χ4v) is 1.83. The lowest BCUT2D eigenvalue weighted by atomic mass is 9.87. The zero-order chi connectivity index (χ0) is 10.6. The zero-order valence-corrected chi connectivity index (χ0v) is 9.55. The van der Waals surface area contributed by atoms with Gasteiger partial charge in [0.15, 0.2) is 0 Å². The number of nitrogens with zero attached hydrogens (tertiary/aromatic N) is 1. The third kappa shape index (κ3) is 3.20. The molecule has 1 saturated carbocycles. The van der Waals surface area contributed by atoms with Crippen LogP contribution in [-0.4, -0.2) is 30.6 Å². The molecule has 1 aliphatic carbocycles. The van der Waals surface area contributed by atoms with Crippen molar-refractivity contribution >= 4 is 6.03 Å². The van der Waals surface area contributed by atoms with Crippen LogP contribution in [0.3, 0.4) is 0 Å². The Morgan fingerprint density at radius 2 is 1.93 bits per heavy atom. The average Bonchev–Trinajstić information content (AvgIpc) is 2.20. The van der Waals surface area contributed by atoms with E-state index in [1.165, 1.54) is 12.8 Å². The fourth-order valence-electron chi connectivity index (χ4n) is 1.83. The van der Waals surface area contributed by atoms with Crippen molar-refractivity contribution in [2.45, 2.75) is 45.6 Å². The van der Waals surface area contributed by atoms with Crippen LogP contribution in [0.2, 0.25) is 0 Å². The molecule has 0 atom stereocenters. The molecule has 14 heavy (non-hydrogen) atoms. The second-order valence-electron chi connectivity index (χ2n) is 4.42. The van der Waals surface area contributed by atoms with Crippen molar-refractivity contribution in [3.8, 4) is 0 Å². The summed E-state index contributed by atoms with van der Waals surface area (Å²) in [6.07, 6.45) is 4.79. The zero-order valence-electron chi connectivity index (χ0n) is 9.55. The van der Waals surface area contributed by atoms with Crippen LogP contribution in [0.4, 0.5) is 4.79 Å². The summed E-state index contributed by atoms with van der Waals surface area (Å²) >= 11 is 0. The lowest BCUT2D eigenvalue weighted by Crippen LogP contribution is -2.44. The quantitative estimate of drug-likeness (QED) is 0.725. The van der Waals surface area contributed by atoms with Gasteiger partial charge in [-0.25, -0.2) is 4.79 Å². The minimum atomic E-state index is 0.0760. The normalized spacial score (nSPS) is 27.1. The van der Waals surface area contributed by atoms with Crippen molar-refractivity contribution in [1.29, 1.82) is 0 Å². The molecular formula is C11H22N2O. The van der Waals surface area contributed by atoms with E-state index in [0.717, 1.165) is 25.3 Å². The van der Waals surface area contributed by atoms with E-state index in [1.807, 2.05) is 14.0 Å². The summed E-state index contributed by atoms with van der Waals surface area (Å²) in [7, 11) is 1.83. The van der Waals surface area contributed by atoms with E-state index in [0.29, 0.717) is 6.04 Å². The summed E-state index contributed by atoms with van der Waals surface area (Å²) in [5.41, 5.74) is 0. The second kappa shape index (κ2) is 5.23. The van der Waals surface area contributed by atoms with Gasteiger partial charge < -0.3 is 10.2 Å². The van der Waals surface area contributed by atoms with E-state index in [1.54, 1.807) is 4.90 Å². The first-order valence-electron chi connectivity index (χ1n) is 5.65. The Labute approximate surface area is 86.9 Å². The monoisotopic (exact) mass is 198 g/mol. The third-order valence-electron chi connectivity index (χ3n) is 3.16. The standard InChI is InChI=1S/C11H22N2O/c1-4-13(3)11(14)12-10-7-5-9(2)6-8-10/h9-10H,4-8H2,1-3H3,(H,12,14). The van der Waals surface area contributed by atoms with Crippen LogP contribution in [0.15, 0.2) is 0 Å². The van der Waals surface area contributed by atoms with E-state index in [-0.39, 0.29) is 6.03 Å². The number of carbonyl (C=O) groups is 1. The molecule has 1 aliphatic rings. The molecule has 1 N–H and O–H groups in total. The Hall–Kier alpha value is -0.730. The Kier molecular flexibility index (Phi) is 4.23. The van der Waals surface area contributed by atoms with E-state index in [4.69, 9.17) is 0 Å². The van der Waals surface area contributed by atoms with Crippen LogP contribution in [0.25, 0.3) is 0 Å². The first-order valence-corrected chi connectivity index (χ1v) is 5.65. The minimum Gasteiger partial charge on any atom is -0.335 e. The van der Waals surface area contributed by atoms with Gasteiger partial charge in [0, 0.05) is 19.6 Å².